The van der Waals surface area contributed by atoms with E-state index < -0.39 is 5.60 Å². The molecular formula is C28H36N2O4. The molecule has 1 amide bonds. The third-order valence-electron chi connectivity index (χ3n) is 7.85. The summed E-state index contributed by atoms with van der Waals surface area (Å²) in [6.07, 6.45) is 4.80. The number of rotatable bonds is 6. The van der Waals surface area contributed by atoms with Crippen LogP contribution in [0, 0.1) is 5.92 Å². The second-order valence-electron chi connectivity index (χ2n) is 10.6. The summed E-state index contributed by atoms with van der Waals surface area (Å²) in [4.78, 5) is 14.8. The molecule has 2 aromatic rings. The third-order valence-corrected chi connectivity index (χ3v) is 7.85. The van der Waals surface area contributed by atoms with E-state index in [1.807, 2.05) is 62.1 Å². The van der Waals surface area contributed by atoms with E-state index in [2.05, 4.69) is 5.32 Å². The largest absolute Gasteiger partial charge is 0.493 e. The van der Waals surface area contributed by atoms with E-state index in [1.165, 1.54) is 12.8 Å². The van der Waals surface area contributed by atoms with Gasteiger partial charge in [-0.2, -0.15) is 0 Å². The summed E-state index contributed by atoms with van der Waals surface area (Å²) >= 11 is 0. The SMILES string of the molecule is COc1cc2c(cc1OC(C)C)CN(c1ccc(C(C)(O)C3CC4CCC(C3)N4)cc1)C(=O)C2. The van der Waals surface area contributed by atoms with Crippen molar-refractivity contribution in [3.63, 3.8) is 0 Å². The highest BCUT2D eigenvalue weighted by Gasteiger charge is 2.42. The lowest BCUT2D eigenvalue weighted by molar-refractivity contribution is -0.118. The van der Waals surface area contributed by atoms with Gasteiger partial charge < -0.3 is 24.8 Å². The van der Waals surface area contributed by atoms with Crippen molar-refractivity contribution < 1.29 is 19.4 Å². The Hall–Kier alpha value is -2.57. The van der Waals surface area contributed by atoms with Crippen LogP contribution in [0.4, 0.5) is 5.69 Å². The maximum absolute atomic E-state index is 13.0. The summed E-state index contributed by atoms with van der Waals surface area (Å²) in [5.41, 5.74) is 2.94. The number of carbonyl (C=O) groups is 1. The minimum Gasteiger partial charge on any atom is -0.493 e. The summed E-state index contributed by atoms with van der Waals surface area (Å²) in [5.74, 6) is 1.66. The normalized spacial score (nSPS) is 25.8. The Kier molecular flexibility index (Phi) is 6.07. The van der Waals surface area contributed by atoms with E-state index in [1.54, 1.807) is 7.11 Å². The van der Waals surface area contributed by atoms with Crippen LogP contribution >= 0.6 is 0 Å². The molecule has 3 aliphatic heterocycles. The molecule has 3 unspecified atom stereocenters. The number of fused-ring (bicyclic) bond motifs is 3. The van der Waals surface area contributed by atoms with Gasteiger partial charge in [-0.3, -0.25) is 4.79 Å². The first kappa shape index (κ1) is 23.2. The molecule has 2 fully saturated rings. The molecule has 6 nitrogen and oxygen atoms in total. The van der Waals surface area contributed by atoms with Gasteiger partial charge in [0.15, 0.2) is 11.5 Å². The summed E-state index contributed by atoms with van der Waals surface area (Å²) in [5, 5.41) is 15.1. The molecule has 182 valence electrons. The lowest BCUT2D eigenvalue weighted by Crippen LogP contribution is -2.45. The van der Waals surface area contributed by atoms with Crippen LogP contribution in [0.25, 0.3) is 0 Å². The molecule has 2 aromatic carbocycles. The van der Waals surface area contributed by atoms with Crippen LogP contribution in [0.5, 0.6) is 11.5 Å². The molecule has 6 heteroatoms. The van der Waals surface area contributed by atoms with E-state index >= 15 is 0 Å². The molecule has 0 saturated carbocycles. The Labute approximate surface area is 202 Å². The average Bonchev–Trinajstić information content (AvgIpc) is 3.15. The fourth-order valence-electron chi connectivity index (χ4n) is 5.94. The minimum atomic E-state index is -0.875. The predicted octanol–water partition coefficient (Wildman–Crippen LogP) is 4.31. The molecule has 34 heavy (non-hydrogen) atoms. The average molecular weight is 465 g/mol. The first-order valence-corrected chi connectivity index (χ1v) is 12.5. The number of aliphatic hydroxyl groups is 1. The van der Waals surface area contributed by atoms with E-state index in [0.29, 0.717) is 36.5 Å². The molecule has 3 atom stereocenters. The van der Waals surface area contributed by atoms with Crippen molar-refractivity contribution in [3.05, 3.63) is 53.1 Å². The number of amides is 1. The number of hydrogen-bond donors (Lipinski definition) is 2. The van der Waals surface area contributed by atoms with Crippen LogP contribution in [0.3, 0.4) is 0 Å². The molecule has 0 aromatic heterocycles. The highest BCUT2D eigenvalue weighted by atomic mass is 16.5. The van der Waals surface area contributed by atoms with Gasteiger partial charge in [0.05, 0.1) is 31.8 Å². The Morgan fingerprint density at radius 3 is 2.32 bits per heavy atom. The van der Waals surface area contributed by atoms with Crippen LogP contribution in [0.2, 0.25) is 0 Å². The standard InChI is InChI=1S/C28H36N2O4/c1-17(2)34-26-12-19-16-30(27(31)13-18(19)11-25(26)33-4)24-9-5-20(6-10-24)28(3,32)21-14-22-7-8-23(15-21)29-22/h5-6,9-12,17,21-23,29,32H,7-8,13-16H2,1-4H3. The zero-order chi connectivity index (χ0) is 24.0. The van der Waals surface area contributed by atoms with Gasteiger partial charge in [0.25, 0.3) is 0 Å². The van der Waals surface area contributed by atoms with Gasteiger partial charge in [0.1, 0.15) is 0 Å². The monoisotopic (exact) mass is 464 g/mol. The Morgan fingerprint density at radius 2 is 1.71 bits per heavy atom. The van der Waals surface area contributed by atoms with E-state index in [9.17, 15) is 9.90 Å². The highest BCUT2D eigenvalue weighted by Crippen LogP contribution is 2.42. The Balaban J connectivity index is 1.36. The van der Waals surface area contributed by atoms with Crippen LogP contribution in [-0.2, 0) is 23.4 Å². The van der Waals surface area contributed by atoms with Gasteiger partial charge in [-0.05, 0) is 93.3 Å². The number of piperidine rings is 1. The second kappa shape index (κ2) is 8.90. The molecular weight excluding hydrogens is 428 g/mol. The van der Waals surface area contributed by atoms with Crippen molar-refractivity contribution in [2.45, 2.75) is 83.2 Å². The summed E-state index contributed by atoms with van der Waals surface area (Å²) < 4.78 is 11.4. The number of methoxy groups -OCH3 is 1. The van der Waals surface area contributed by atoms with Crippen LogP contribution in [0.1, 0.15) is 63.1 Å². The predicted molar refractivity (Wildman–Crippen MR) is 132 cm³/mol. The van der Waals surface area contributed by atoms with Gasteiger partial charge in [-0.15, -0.1) is 0 Å². The van der Waals surface area contributed by atoms with Crippen molar-refractivity contribution in [2.24, 2.45) is 5.92 Å². The molecule has 0 spiro atoms. The highest BCUT2D eigenvalue weighted by molar-refractivity contribution is 5.96. The number of nitrogens with one attached hydrogen (secondary N) is 1. The Bertz CT molecular complexity index is 1050. The number of anilines is 1. The first-order chi connectivity index (χ1) is 16.2. The quantitative estimate of drug-likeness (QED) is 0.667. The van der Waals surface area contributed by atoms with Gasteiger partial charge in [0, 0.05) is 17.8 Å². The van der Waals surface area contributed by atoms with E-state index in [0.717, 1.165) is 35.2 Å². The lowest BCUT2D eigenvalue weighted by Gasteiger charge is -2.39. The van der Waals surface area contributed by atoms with Crippen molar-refractivity contribution >= 4 is 11.6 Å². The third kappa shape index (κ3) is 4.29. The van der Waals surface area contributed by atoms with Crippen molar-refractivity contribution in [1.29, 1.82) is 0 Å². The number of carbonyl (C=O) groups excluding carboxylic acids is 1. The van der Waals surface area contributed by atoms with Gasteiger partial charge in [-0.25, -0.2) is 0 Å². The van der Waals surface area contributed by atoms with E-state index in [4.69, 9.17) is 9.47 Å². The number of nitrogens with zero attached hydrogens (tertiary/aromatic N) is 1. The minimum absolute atomic E-state index is 0.0313. The van der Waals surface area contributed by atoms with Crippen molar-refractivity contribution in [2.75, 3.05) is 12.0 Å². The fraction of sp³-hybridized carbons (Fsp3) is 0.536. The maximum Gasteiger partial charge on any atom is 0.231 e. The lowest BCUT2D eigenvalue weighted by atomic mass is 9.75. The first-order valence-electron chi connectivity index (χ1n) is 12.5. The van der Waals surface area contributed by atoms with E-state index in [-0.39, 0.29) is 17.9 Å². The summed E-state index contributed by atoms with van der Waals surface area (Å²) in [6.45, 7) is 6.41. The number of benzene rings is 2. The van der Waals surface area contributed by atoms with Crippen LogP contribution in [-0.4, -0.2) is 36.3 Å². The topological polar surface area (TPSA) is 71.0 Å². The number of ether oxygens (including phenoxy) is 2. The zero-order valence-electron chi connectivity index (χ0n) is 20.6. The summed E-state index contributed by atoms with van der Waals surface area (Å²) in [7, 11) is 1.62. The molecule has 5 rings (SSSR count). The van der Waals surface area contributed by atoms with Gasteiger partial charge >= 0.3 is 0 Å². The Morgan fingerprint density at radius 1 is 1.06 bits per heavy atom. The van der Waals surface area contributed by atoms with Crippen molar-refractivity contribution in [3.8, 4) is 11.5 Å². The second-order valence-corrected chi connectivity index (χ2v) is 10.6. The molecule has 0 radical (unpaired) electrons. The molecule has 3 heterocycles. The fourth-order valence-corrected chi connectivity index (χ4v) is 5.94. The van der Waals surface area contributed by atoms with Gasteiger partial charge in [0.2, 0.25) is 5.91 Å². The van der Waals surface area contributed by atoms with Crippen LogP contribution < -0.4 is 19.7 Å². The molecule has 2 bridgehead atoms. The molecule has 0 aliphatic carbocycles. The summed E-state index contributed by atoms with van der Waals surface area (Å²) in [6, 6.07) is 12.9. The smallest absolute Gasteiger partial charge is 0.231 e. The number of hydrogen-bond acceptors (Lipinski definition) is 5. The zero-order valence-corrected chi connectivity index (χ0v) is 20.6. The van der Waals surface area contributed by atoms with Crippen LogP contribution in [0.15, 0.2) is 36.4 Å². The maximum atomic E-state index is 13.0. The molecule has 2 saturated heterocycles. The molecule has 2 N–H and O–H groups in total. The van der Waals surface area contributed by atoms with Crippen molar-refractivity contribution in [1.82, 2.24) is 5.32 Å². The molecule has 3 aliphatic rings. The van der Waals surface area contributed by atoms with Gasteiger partial charge in [-0.1, -0.05) is 12.1 Å².